The van der Waals surface area contributed by atoms with E-state index in [4.69, 9.17) is 5.21 Å². The number of hydrogen-bond donors (Lipinski definition) is 1. The van der Waals surface area contributed by atoms with Gasteiger partial charge in [0.25, 0.3) is 0 Å². The Morgan fingerprint density at radius 2 is 2.18 bits per heavy atom. The molecule has 0 aromatic heterocycles. The molecule has 1 saturated heterocycles. The first kappa shape index (κ1) is 12.5. The maximum Gasteiger partial charge on any atom is 0.125 e. The van der Waals surface area contributed by atoms with Crippen LogP contribution in [-0.4, -0.2) is 26.3 Å². The van der Waals surface area contributed by atoms with E-state index in [-0.39, 0.29) is 4.75 Å². The van der Waals surface area contributed by atoms with Crippen molar-refractivity contribution in [3.05, 3.63) is 35.9 Å². The van der Waals surface area contributed by atoms with E-state index in [0.29, 0.717) is 6.54 Å². The molecule has 0 saturated carbocycles. The Balaban J connectivity index is 1.97. The summed E-state index contributed by atoms with van der Waals surface area (Å²) in [6, 6.07) is 10.2. The Hall–Kier alpha value is -0.940. The highest BCUT2D eigenvalue weighted by Gasteiger charge is 2.33. The lowest BCUT2D eigenvalue weighted by Crippen LogP contribution is -2.21. The molecule has 1 fully saturated rings. The second kappa shape index (κ2) is 5.60. The molecule has 1 N–H and O–H groups in total. The summed E-state index contributed by atoms with van der Waals surface area (Å²) >= 11 is 3.38. The predicted octanol–water partition coefficient (Wildman–Crippen LogP) is 3.24. The normalized spacial score (nSPS) is 27.0. The average Bonchev–Trinajstić information content (AvgIpc) is 2.70. The van der Waals surface area contributed by atoms with Gasteiger partial charge in [0.05, 0.1) is 17.5 Å². The van der Waals surface area contributed by atoms with Gasteiger partial charge in [0.1, 0.15) is 4.38 Å². The number of aliphatic imine (C=N–C) groups is 1. The maximum atomic E-state index is 8.59. The third kappa shape index (κ3) is 3.51. The lowest BCUT2D eigenvalue weighted by molar-refractivity contribution is 0.320. The fourth-order valence-corrected chi connectivity index (χ4v) is 4.13. The molecule has 0 amide bonds. The first-order valence-electron chi connectivity index (χ1n) is 5.31. The van der Waals surface area contributed by atoms with Crippen LogP contribution in [-0.2, 0) is 6.54 Å². The van der Waals surface area contributed by atoms with Crippen LogP contribution in [0, 0.1) is 0 Å². The molecule has 0 radical (unpaired) electrons. The highest BCUT2D eigenvalue weighted by molar-refractivity contribution is 8.42. The van der Waals surface area contributed by atoms with Crippen molar-refractivity contribution in [2.45, 2.75) is 18.2 Å². The van der Waals surface area contributed by atoms with Crippen molar-refractivity contribution in [1.29, 1.82) is 0 Å². The van der Waals surface area contributed by atoms with Crippen molar-refractivity contribution < 1.29 is 5.21 Å². The molecule has 0 unspecified atom stereocenters. The smallest absolute Gasteiger partial charge is 0.125 e. The molecule has 90 valence electrons. The van der Waals surface area contributed by atoms with Crippen LogP contribution < -0.4 is 0 Å². The fraction of sp³-hybridized carbons (Fsp3) is 0.333. The van der Waals surface area contributed by atoms with Gasteiger partial charge in [-0.1, -0.05) is 53.9 Å². The van der Waals surface area contributed by atoms with Gasteiger partial charge in [-0.3, -0.25) is 4.99 Å². The van der Waals surface area contributed by atoms with Crippen LogP contribution >= 0.6 is 23.5 Å². The van der Waals surface area contributed by atoms with Gasteiger partial charge in [-0.2, -0.15) is 0 Å². The molecular weight excluding hydrogens is 252 g/mol. The third-order valence-electron chi connectivity index (χ3n) is 2.37. The van der Waals surface area contributed by atoms with E-state index in [1.54, 1.807) is 29.7 Å². The van der Waals surface area contributed by atoms with E-state index in [0.717, 1.165) is 10.1 Å². The van der Waals surface area contributed by atoms with Gasteiger partial charge in [-0.15, -0.1) is 5.16 Å². The van der Waals surface area contributed by atoms with E-state index in [1.807, 2.05) is 18.2 Å². The molecule has 5 heteroatoms. The summed E-state index contributed by atoms with van der Waals surface area (Å²) < 4.78 is 0.936. The van der Waals surface area contributed by atoms with Crippen LogP contribution in [0.15, 0.2) is 40.5 Å². The Labute approximate surface area is 109 Å². The van der Waals surface area contributed by atoms with E-state index in [9.17, 15) is 0 Å². The van der Waals surface area contributed by atoms with Crippen molar-refractivity contribution in [3.63, 3.8) is 0 Å². The van der Waals surface area contributed by atoms with Crippen LogP contribution in [0.1, 0.15) is 12.5 Å². The second-order valence-corrected chi connectivity index (χ2v) is 6.76. The first-order chi connectivity index (χ1) is 8.22. The summed E-state index contributed by atoms with van der Waals surface area (Å²) in [6.07, 6.45) is 1.58. The summed E-state index contributed by atoms with van der Waals surface area (Å²) in [4.78, 5) is 4.57. The van der Waals surface area contributed by atoms with Gasteiger partial charge in [0.15, 0.2) is 0 Å². The van der Waals surface area contributed by atoms with Crippen LogP contribution in [0.2, 0.25) is 0 Å². The minimum absolute atomic E-state index is 0.130. The number of hydrogen-bond acceptors (Lipinski definition) is 5. The molecule has 17 heavy (non-hydrogen) atoms. The van der Waals surface area contributed by atoms with E-state index < -0.39 is 0 Å². The van der Waals surface area contributed by atoms with Gasteiger partial charge in [-0.05, 0) is 12.5 Å². The third-order valence-corrected chi connectivity index (χ3v) is 5.29. The molecule has 0 bridgehead atoms. The van der Waals surface area contributed by atoms with Gasteiger partial charge < -0.3 is 5.21 Å². The minimum Gasteiger partial charge on any atom is -0.411 e. The summed E-state index contributed by atoms with van der Waals surface area (Å²) in [5, 5.41) is 11.7. The Bertz CT molecular complexity index is 433. The molecule has 1 aliphatic rings. The van der Waals surface area contributed by atoms with Crippen LogP contribution in [0.5, 0.6) is 0 Å². The SMILES string of the molecule is C[C@@]1(/C=N\O)CSC(=NCc2ccccc2)S1. The molecule has 1 aromatic carbocycles. The quantitative estimate of drug-likeness (QED) is 0.519. The molecule has 3 nitrogen and oxygen atoms in total. The molecule has 2 rings (SSSR count). The number of benzene rings is 1. The van der Waals surface area contributed by atoms with E-state index >= 15 is 0 Å². The summed E-state index contributed by atoms with van der Waals surface area (Å²) in [5.41, 5.74) is 1.21. The lowest BCUT2D eigenvalue weighted by atomic mass is 10.2. The molecule has 1 aliphatic heterocycles. The molecule has 1 heterocycles. The zero-order valence-electron chi connectivity index (χ0n) is 9.54. The molecule has 0 aliphatic carbocycles. The van der Waals surface area contributed by atoms with Crippen molar-refractivity contribution in [1.82, 2.24) is 0 Å². The van der Waals surface area contributed by atoms with Gasteiger partial charge >= 0.3 is 0 Å². The molecule has 1 aromatic rings. The molecular formula is C12H14N2OS2. The van der Waals surface area contributed by atoms with Gasteiger partial charge in [0.2, 0.25) is 0 Å². The Morgan fingerprint density at radius 3 is 2.88 bits per heavy atom. The fourth-order valence-electron chi connectivity index (χ4n) is 1.47. The van der Waals surface area contributed by atoms with Crippen molar-refractivity contribution in [3.8, 4) is 0 Å². The lowest BCUT2D eigenvalue weighted by Gasteiger charge is -2.12. The van der Waals surface area contributed by atoms with Gasteiger partial charge in [0, 0.05) is 5.75 Å². The second-order valence-electron chi connectivity index (χ2n) is 4.02. The topological polar surface area (TPSA) is 45.0 Å². The summed E-state index contributed by atoms with van der Waals surface area (Å²) in [7, 11) is 0. The number of oxime groups is 1. The summed E-state index contributed by atoms with van der Waals surface area (Å²) in [6.45, 7) is 2.76. The first-order valence-corrected chi connectivity index (χ1v) is 7.11. The molecule has 1 atom stereocenters. The average molecular weight is 266 g/mol. The van der Waals surface area contributed by atoms with Crippen LogP contribution in [0.25, 0.3) is 0 Å². The number of rotatable bonds is 3. The van der Waals surface area contributed by atoms with Crippen molar-refractivity contribution >= 4 is 34.1 Å². The van der Waals surface area contributed by atoms with Gasteiger partial charge in [-0.25, -0.2) is 0 Å². The highest BCUT2D eigenvalue weighted by Crippen LogP contribution is 2.40. The minimum atomic E-state index is -0.130. The zero-order valence-corrected chi connectivity index (χ0v) is 11.2. The highest BCUT2D eigenvalue weighted by atomic mass is 32.2. The largest absolute Gasteiger partial charge is 0.411 e. The standard InChI is InChI=1S/C12H14N2OS2/c1-12(8-14-15)9-16-11(17-12)13-7-10-5-3-2-4-6-10/h2-6,8,15H,7,9H2,1H3/b13-11?,14-8-/t12-/m1/s1. The number of thioether (sulfide) groups is 2. The van der Waals surface area contributed by atoms with E-state index in [1.165, 1.54) is 5.56 Å². The number of nitrogens with zero attached hydrogens (tertiary/aromatic N) is 2. The Kier molecular flexibility index (Phi) is 4.12. The van der Waals surface area contributed by atoms with E-state index in [2.05, 4.69) is 29.2 Å². The summed E-state index contributed by atoms with van der Waals surface area (Å²) in [5.74, 6) is 0.898. The van der Waals surface area contributed by atoms with Crippen molar-refractivity contribution in [2.24, 2.45) is 10.1 Å². The van der Waals surface area contributed by atoms with Crippen LogP contribution in [0.4, 0.5) is 0 Å². The zero-order chi connectivity index (χ0) is 12.1. The van der Waals surface area contributed by atoms with Crippen LogP contribution in [0.3, 0.4) is 0 Å². The maximum absolute atomic E-state index is 8.59. The van der Waals surface area contributed by atoms with Crippen molar-refractivity contribution in [2.75, 3.05) is 5.75 Å². The monoisotopic (exact) mass is 266 g/mol. The molecule has 0 spiro atoms. The predicted molar refractivity (Wildman–Crippen MR) is 76.3 cm³/mol. The Morgan fingerprint density at radius 1 is 1.41 bits per heavy atom.